The highest BCUT2D eigenvalue weighted by Gasteiger charge is 2.47. The van der Waals surface area contributed by atoms with Crippen LogP contribution in [-0.4, -0.2) is 15.8 Å². The highest BCUT2D eigenvalue weighted by atomic mass is 16.3. The molecule has 0 saturated heterocycles. The van der Waals surface area contributed by atoms with Crippen LogP contribution in [0.4, 0.5) is 0 Å². The minimum Gasteiger partial charge on any atom is -0.508 e. The summed E-state index contributed by atoms with van der Waals surface area (Å²) in [6, 6.07) is 13.8. The van der Waals surface area contributed by atoms with Crippen LogP contribution >= 0.6 is 0 Å². The fourth-order valence-electron chi connectivity index (χ4n) is 2.15. The Kier molecular flexibility index (Phi) is 3.27. The van der Waals surface area contributed by atoms with E-state index in [1.165, 1.54) is 0 Å². The Morgan fingerprint density at radius 2 is 1.75 bits per heavy atom. The summed E-state index contributed by atoms with van der Waals surface area (Å²) in [6.45, 7) is 0. The first kappa shape index (κ1) is 13.4. The lowest BCUT2D eigenvalue weighted by Gasteiger charge is -2.30. The van der Waals surface area contributed by atoms with Crippen LogP contribution in [0, 0.1) is 39.9 Å². The molecule has 0 radical (unpaired) electrons. The summed E-state index contributed by atoms with van der Waals surface area (Å²) in [7, 11) is 0. The van der Waals surface area contributed by atoms with E-state index in [1.807, 2.05) is 6.07 Å². The van der Waals surface area contributed by atoms with Crippen LogP contribution in [0.25, 0.3) is 5.57 Å². The molecule has 0 fully saturated rings. The molecule has 2 rings (SSSR count). The average Bonchev–Trinajstić information content (AvgIpc) is 2.50. The number of benzene rings is 1. The molecule has 0 spiro atoms. The third-order valence-electron chi connectivity index (χ3n) is 3.17. The summed E-state index contributed by atoms with van der Waals surface area (Å²) in [6.07, 6.45) is 1.03. The minimum absolute atomic E-state index is 0.0557. The second-order valence-electron chi connectivity index (χ2n) is 4.28. The number of aliphatic hydroxyl groups is 2. The van der Waals surface area contributed by atoms with Gasteiger partial charge in [-0.05, 0) is 17.2 Å². The minimum atomic E-state index is -2.35. The van der Waals surface area contributed by atoms with E-state index >= 15 is 0 Å². The summed E-state index contributed by atoms with van der Waals surface area (Å²) < 4.78 is 0. The SMILES string of the molecule is N#CC1=C(c2ccccc2)C(C#N)C(O)(C#N)C(O)=C1. The Hall–Kier alpha value is -3.07. The molecule has 2 unspecified atom stereocenters. The molecule has 1 aliphatic carbocycles. The molecule has 0 bridgehead atoms. The first-order valence-corrected chi connectivity index (χ1v) is 5.72. The molecule has 0 aliphatic heterocycles. The predicted octanol–water partition coefficient (Wildman–Crippen LogP) is 1.81. The predicted molar refractivity (Wildman–Crippen MR) is 69.4 cm³/mol. The van der Waals surface area contributed by atoms with Crippen molar-refractivity contribution >= 4 is 5.57 Å². The van der Waals surface area contributed by atoms with Crippen molar-refractivity contribution in [3.8, 4) is 18.2 Å². The summed E-state index contributed by atoms with van der Waals surface area (Å²) >= 11 is 0. The average molecular weight is 263 g/mol. The van der Waals surface area contributed by atoms with Crippen LogP contribution in [0.3, 0.4) is 0 Å². The van der Waals surface area contributed by atoms with Gasteiger partial charge in [-0.2, -0.15) is 15.8 Å². The molecule has 5 nitrogen and oxygen atoms in total. The van der Waals surface area contributed by atoms with Crippen LogP contribution in [0.1, 0.15) is 5.56 Å². The molecule has 20 heavy (non-hydrogen) atoms. The first-order chi connectivity index (χ1) is 9.58. The maximum atomic E-state index is 10.2. The topological polar surface area (TPSA) is 112 Å². The lowest BCUT2D eigenvalue weighted by atomic mass is 9.74. The Labute approximate surface area is 115 Å². The van der Waals surface area contributed by atoms with Gasteiger partial charge in [-0.25, -0.2) is 0 Å². The van der Waals surface area contributed by atoms with E-state index in [2.05, 4.69) is 0 Å². The van der Waals surface area contributed by atoms with Crippen molar-refractivity contribution in [2.45, 2.75) is 5.60 Å². The molecule has 0 amide bonds. The standard InChI is InChI=1S/C15H9N3O2/c16-7-11-6-13(19)15(20,9-18)12(8-17)14(11)10-4-2-1-3-5-10/h1-6,12,19-20H. The fraction of sp³-hybridized carbons (Fsp3) is 0.133. The van der Waals surface area contributed by atoms with E-state index in [-0.39, 0.29) is 11.1 Å². The van der Waals surface area contributed by atoms with Crippen molar-refractivity contribution in [2.75, 3.05) is 0 Å². The van der Waals surface area contributed by atoms with Gasteiger partial charge in [-0.15, -0.1) is 0 Å². The van der Waals surface area contributed by atoms with Gasteiger partial charge >= 0.3 is 0 Å². The monoisotopic (exact) mass is 263 g/mol. The van der Waals surface area contributed by atoms with Gasteiger partial charge in [0.05, 0.1) is 17.7 Å². The smallest absolute Gasteiger partial charge is 0.228 e. The molecular formula is C15H9N3O2. The second kappa shape index (κ2) is 4.90. The van der Waals surface area contributed by atoms with Gasteiger partial charge in [-0.3, -0.25) is 0 Å². The largest absolute Gasteiger partial charge is 0.508 e. The lowest BCUT2D eigenvalue weighted by molar-refractivity contribution is 0.0680. The van der Waals surface area contributed by atoms with Crippen molar-refractivity contribution < 1.29 is 10.2 Å². The Balaban J connectivity index is 2.77. The molecule has 0 heterocycles. The normalized spacial score (nSPS) is 25.1. The number of allylic oxidation sites excluding steroid dienone is 2. The molecule has 1 aromatic rings. The van der Waals surface area contributed by atoms with E-state index in [9.17, 15) is 15.5 Å². The molecule has 96 valence electrons. The lowest BCUT2D eigenvalue weighted by Crippen LogP contribution is -2.41. The number of rotatable bonds is 1. The van der Waals surface area contributed by atoms with Crippen LogP contribution in [-0.2, 0) is 0 Å². The van der Waals surface area contributed by atoms with E-state index in [0.717, 1.165) is 6.08 Å². The van der Waals surface area contributed by atoms with Crippen LogP contribution in [0.5, 0.6) is 0 Å². The highest BCUT2D eigenvalue weighted by Crippen LogP contribution is 2.41. The summed E-state index contributed by atoms with van der Waals surface area (Å²) in [5, 5.41) is 47.5. The summed E-state index contributed by atoms with van der Waals surface area (Å²) in [4.78, 5) is 0. The van der Waals surface area contributed by atoms with Gasteiger partial charge in [0.2, 0.25) is 5.60 Å². The molecule has 1 aliphatic rings. The van der Waals surface area contributed by atoms with Gasteiger partial charge in [0.1, 0.15) is 17.7 Å². The zero-order chi connectivity index (χ0) is 14.8. The maximum absolute atomic E-state index is 10.2. The summed E-state index contributed by atoms with van der Waals surface area (Å²) in [5.74, 6) is -2.03. The number of aliphatic hydroxyl groups excluding tert-OH is 1. The van der Waals surface area contributed by atoms with E-state index < -0.39 is 17.3 Å². The van der Waals surface area contributed by atoms with E-state index in [4.69, 9.17) is 10.5 Å². The molecule has 0 saturated carbocycles. The third-order valence-corrected chi connectivity index (χ3v) is 3.17. The van der Waals surface area contributed by atoms with Crippen LogP contribution in [0.2, 0.25) is 0 Å². The van der Waals surface area contributed by atoms with Crippen molar-refractivity contribution in [1.29, 1.82) is 15.8 Å². The number of hydrogen-bond donors (Lipinski definition) is 2. The third kappa shape index (κ3) is 1.82. The van der Waals surface area contributed by atoms with Gasteiger partial charge < -0.3 is 10.2 Å². The zero-order valence-electron chi connectivity index (χ0n) is 10.3. The van der Waals surface area contributed by atoms with Gasteiger partial charge in [0.25, 0.3) is 0 Å². The molecule has 2 atom stereocenters. The van der Waals surface area contributed by atoms with Crippen LogP contribution in [0.15, 0.2) is 47.7 Å². The molecule has 0 aromatic heterocycles. The van der Waals surface area contributed by atoms with Crippen molar-refractivity contribution in [3.63, 3.8) is 0 Å². The Morgan fingerprint density at radius 1 is 1.10 bits per heavy atom. The van der Waals surface area contributed by atoms with Crippen molar-refractivity contribution in [1.82, 2.24) is 0 Å². The number of hydrogen-bond acceptors (Lipinski definition) is 5. The second-order valence-corrected chi connectivity index (χ2v) is 4.28. The number of nitrogens with zero attached hydrogens (tertiary/aromatic N) is 3. The first-order valence-electron chi connectivity index (χ1n) is 5.72. The van der Waals surface area contributed by atoms with Gasteiger partial charge in [-0.1, -0.05) is 30.3 Å². The van der Waals surface area contributed by atoms with Crippen molar-refractivity contribution in [2.24, 2.45) is 5.92 Å². The van der Waals surface area contributed by atoms with E-state index in [0.29, 0.717) is 5.56 Å². The molecule has 5 heteroatoms. The molecule has 2 N–H and O–H groups in total. The number of nitriles is 3. The highest BCUT2D eigenvalue weighted by molar-refractivity contribution is 5.81. The van der Waals surface area contributed by atoms with Crippen LogP contribution < -0.4 is 0 Å². The molecular weight excluding hydrogens is 254 g/mol. The fourth-order valence-corrected chi connectivity index (χ4v) is 2.15. The van der Waals surface area contributed by atoms with Crippen molar-refractivity contribution in [3.05, 3.63) is 53.3 Å². The van der Waals surface area contributed by atoms with Gasteiger partial charge in [0.15, 0.2) is 0 Å². The zero-order valence-corrected chi connectivity index (χ0v) is 10.3. The summed E-state index contributed by atoms with van der Waals surface area (Å²) in [5.41, 5.74) is -1.51. The quantitative estimate of drug-likeness (QED) is 0.750. The Morgan fingerprint density at radius 3 is 2.25 bits per heavy atom. The van der Waals surface area contributed by atoms with Gasteiger partial charge in [0, 0.05) is 0 Å². The molecule has 1 aromatic carbocycles. The van der Waals surface area contributed by atoms with E-state index in [1.54, 1.807) is 42.5 Å². The Bertz CT molecular complexity index is 729. The maximum Gasteiger partial charge on any atom is 0.228 e.